The summed E-state index contributed by atoms with van der Waals surface area (Å²) in [5.41, 5.74) is 0. The summed E-state index contributed by atoms with van der Waals surface area (Å²) in [6.07, 6.45) is 0. The molecule has 0 unspecified atom stereocenters. The van der Waals surface area contributed by atoms with E-state index < -0.39 is 20.5 Å². The van der Waals surface area contributed by atoms with Crippen LogP contribution in [-0.4, -0.2) is 66.8 Å². The molecule has 0 rings (SSSR count). The van der Waals surface area contributed by atoms with Crippen molar-refractivity contribution in [2.45, 2.75) is 0 Å². The molecule has 0 aromatic carbocycles. The van der Waals surface area contributed by atoms with Crippen LogP contribution < -0.4 is 4.72 Å². The Kier molecular flexibility index (Phi) is 5.79. The molecule has 0 heterocycles. The van der Waals surface area contributed by atoms with Crippen LogP contribution in [0, 0.1) is 0 Å². The van der Waals surface area contributed by atoms with Crippen LogP contribution in [0.3, 0.4) is 0 Å². The van der Waals surface area contributed by atoms with Gasteiger partial charge >= 0.3 is 10.3 Å². The molecule has 10 heteroatoms. The number of hydrogen-bond donors (Lipinski definition) is 1. The number of nitrogens with zero attached hydrogens (tertiary/aromatic N) is 2. The van der Waals surface area contributed by atoms with Gasteiger partial charge in [0, 0.05) is 34.7 Å². The third kappa shape index (κ3) is 5.18. The minimum Gasteiger partial charge on any atom is -0.257 e. The Hall–Kier alpha value is -0.260. The van der Waals surface area contributed by atoms with Gasteiger partial charge < -0.3 is 0 Å². The minimum absolute atomic E-state index is 0.117. The predicted molar refractivity (Wildman–Crippen MR) is 59.2 cm³/mol. The SMILES string of the molecule is CN(C)S(=O)(=O)NCCOS(=O)(=O)N(C)C. The summed E-state index contributed by atoms with van der Waals surface area (Å²) >= 11 is 0. The van der Waals surface area contributed by atoms with Crippen molar-refractivity contribution in [2.24, 2.45) is 0 Å². The molecule has 16 heavy (non-hydrogen) atoms. The van der Waals surface area contributed by atoms with E-state index in [-0.39, 0.29) is 13.2 Å². The first-order valence-corrected chi connectivity index (χ1v) is 7.14. The molecule has 0 aromatic rings. The Labute approximate surface area is 96.6 Å². The molecule has 98 valence electrons. The molecular weight excluding hydrogens is 258 g/mol. The summed E-state index contributed by atoms with van der Waals surface area (Å²) < 4.78 is 53.1. The molecule has 0 amide bonds. The van der Waals surface area contributed by atoms with Gasteiger partial charge in [0.2, 0.25) is 0 Å². The average Bonchev–Trinajstić information content (AvgIpc) is 2.12. The van der Waals surface area contributed by atoms with E-state index >= 15 is 0 Å². The highest BCUT2D eigenvalue weighted by Crippen LogP contribution is 1.95. The van der Waals surface area contributed by atoms with E-state index in [2.05, 4.69) is 8.91 Å². The van der Waals surface area contributed by atoms with Gasteiger partial charge in [0.05, 0.1) is 6.61 Å². The maximum Gasteiger partial charge on any atom is 0.337 e. The number of rotatable bonds is 7. The first kappa shape index (κ1) is 15.7. The molecular formula is C6H17N3O5S2. The summed E-state index contributed by atoms with van der Waals surface area (Å²) in [6.45, 7) is -0.374. The second kappa shape index (κ2) is 5.89. The molecule has 1 N–H and O–H groups in total. The average molecular weight is 275 g/mol. The Balaban J connectivity index is 4.05. The highest BCUT2D eigenvalue weighted by molar-refractivity contribution is 7.87. The van der Waals surface area contributed by atoms with Crippen molar-refractivity contribution >= 4 is 20.5 Å². The number of hydrogen-bond acceptors (Lipinski definition) is 5. The van der Waals surface area contributed by atoms with Crippen LogP contribution in [0.2, 0.25) is 0 Å². The predicted octanol–water partition coefficient (Wildman–Crippen LogP) is -1.79. The standard InChI is InChI=1S/C6H17N3O5S2/c1-8(2)15(10,11)7-5-6-14-16(12,13)9(3)4/h7H,5-6H2,1-4H3. The van der Waals surface area contributed by atoms with E-state index in [1.165, 1.54) is 28.2 Å². The van der Waals surface area contributed by atoms with E-state index in [1.807, 2.05) is 0 Å². The molecule has 0 aromatic heterocycles. The molecule has 0 bridgehead atoms. The van der Waals surface area contributed by atoms with Gasteiger partial charge in [-0.2, -0.15) is 30.2 Å². The van der Waals surface area contributed by atoms with Crippen molar-refractivity contribution in [3.05, 3.63) is 0 Å². The Bertz CT molecular complexity index is 360. The van der Waals surface area contributed by atoms with Crippen molar-refractivity contribution in [3.63, 3.8) is 0 Å². The summed E-state index contributed by atoms with van der Waals surface area (Å²) in [6, 6.07) is 0. The quantitative estimate of drug-likeness (QED) is 0.553. The highest BCUT2D eigenvalue weighted by Gasteiger charge is 2.15. The van der Waals surface area contributed by atoms with Gasteiger partial charge in [-0.25, -0.2) is 0 Å². The van der Waals surface area contributed by atoms with Crippen LogP contribution in [0.1, 0.15) is 0 Å². The monoisotopic (exact) mass is 275 g/mol. The van der Waals surface area contributed by atoms with E-state index in [4.69, 9.17) is 0 Å². The van der Waals surface area contributed by atoms with Crippen LogP contribution >= 0.6 is 0 Å². The van der Waals surface area contributed by atoms with Gasteiger partial charge in [-0.1, -0.05) is 0 Å². The zero-order chi connectivity index (χ0) is 13.0. The van der Waals surface area contributed by atoms with E-state index in [1.54, 1.807) is 0 Å². The molecule has 0 saturated carbocycles. The second-order valence-electron chi connectivity index (χ2n) is 3.24. The molecule has 0 aliphatic carbocycles. The second-order valence-corrected chi connectivity index (χ2v) is 7.03. The lowest BCUT2D eigenvalue weighted by Gasteiger charge is -2.13. The topological polar surface area (TPSA) is 96.0 Å². The summed E-state index contributed by atoms with van der Waals surface area (Å²) in [7, 11) is -1.93. The van der Waals surface area contributed by atoms with Gasteiger partial charge in [0.25, 0.3) is 10.2 Å². The molecule has 8 nitrogen and oxygen atoms in total. The zero-order valence-electron chi connectivity index (χ0n) is 9.67. The smallest absolute Gasteiger partial charge is 0.257 e. The van der Waals surface area contributed by atoms with E-state index in [0.717, 1.165) is 8.61 Å². The van der Waals surface area contributed by atoms with Gasteiger partial charge in [0.1, 0.15) is 0 Å². The Morgan fingerprint density at radius 2 is 1.50 bits per heavy atom. The molecule has 0 radical (unpaired) electrons. The van der Waals surface area contributed by atoms with E-state index in [0.29, 0.717) is 0 Å². The molecule has 0 fully saturated rings. The lowest BCUT2D eigenvalue weighted by Crippen LogP contribution is -2.38. The Morgan fingerprint density at radius 1 is 1.00 bits per heavy atom. The largest absolute Gasteiger partial charge is 0.337 e. The van der Waals surface area contributed by atoms with Crippen LogP contribution in [0.5, 0.6) is 0 Å². The summed E-state index contributed by atoms with van der Waals surface area (Å²) in [5.74, 6) is 0. The van der Waals surface area contributed by atoms with E-state index in [9.17, 15) is 16.8 Å². The maximum atomic E-state index is 11.2. The summed E-state index contributed by atoms with van der Waals surface area (Å²) in [5, 5.41) is 0. The molecule has 0 saturated heterocycles. The molecule has 0 aliphatic rings. The first-order valence-electron chi connectivity index (χ1n) is 4.33. The van der Waals surface area contributed by atoms with Crippen LogP contribution in [0.15, 0.2) is 0 Å². The normalized spacial score (nSPS) is 13.6. The first-order chi connectivity index (χ1) is 7.09. The van der Waals surface area contributed by atoms with Crippen LogP contribution in [0.25, 0.3) is 0 Å². The van der Waals surface area contributed by atoms with Crippen molar-refractivity contribution in [1.82, 2.24) is 13.3 Å². The minimum atomic E-state index is -3.75. The fourth-order valence-corrected chi connectivity index (χ4v) is 1.66. The third-order valence-corrected chi connectivity index (χ3v) is 4.44. The maximum absolute atomic E-state index is 11.2. The van der Waals surface area contributed by atoms with Crippen molar-refractivity contribution in [1.29, 1.82) is 0 Å². The highest BCUT2D eigenvalue weighted by atomic mass is 32.2. The fraction of sp³-hybridized carbons (Fsp3) is 1.00. The van der Waals surface area contributed by atoms with Gasteiger partial charge in [0.15, 0.2) is 0 Å². The zero-order valence-corrected chi connectivity index (χ0v) is 11.3. The Morgan fingerprint density at radius 3 is 1.88 bits per heavy atom. The third-order valence-electron chi connectivity index (χ3n) is 1.55. The number of nitrogens with one attached hydrogen (secondary N) is 1. The lowest BCUT2D eigenvalue weighted by atomic mass is 10.8. The molecule has 0 atom stereocenters. The van der Waals surface area contributed by atoms with Gasteiger partial charge in [-0.15, -0.1) is 0 Å². The fourth-order valence-electron chi connectivity index (χ4n) is 0.552. The van der Waals surface area contributed by atoms with Crippen molar-refractivity contribution in [3.8, 4) is 0 Å². The van der Waals surface area contributed by atoms with Gasteiger partial charge in [-0.05, 0) is 0 Å². The van der Waals surface area contributed by atoms with Crippen molar-refractivity contribution in [2.75, 3.05) is 41.3 Å². The lowest BCUT2D eigenvalue weighted by molar-refractivity contribution is 0.292. The summed E-state index contributed by atoms with van der Waals surface area (Å²) in [4.78, 5) is 0. The van der Waals surface area contributed by atoms with Gasteiger partial charge in [-0.3, -0.25) is 4.18 Å². The molecule has 0 aliphatic heterocycles. The molecule has 0 spiro atoms. The van der Waals surface area contributed by atoms with Crippen LogP contribution in [0.4, 0.5) is 0 Å². The van der Waals surface area contributed by atoms with Crippen LogP contribution in [-0.2, 0) is 24.7 Å². The van der Waals surface area contributed by atoms with Crippen molar-refractivity contribution < 1.29 is 21.0 Å².